The first-order chi connectivity index (χ1) is 8.97. The van der Waals surface area contributed by atoms with Crippen LogP contribution in [0.2, 0.25) is 0 Å². The Balaban J connectivity index is 2.28. The summed E-state index contributed by atoms with van der Waals surface area (Å²) in [6.45, 7) is 4.02. The molecule has 0 unspecified atom stereocenters. The number of hydrogen-bond acceptors (Lipinski definition) is 2. The summed E-state index contributed by atoms with van der Waals surface area (Å²) in [4.78, 5) is 12.1. The molecule has 0 aliphatic rings. The molecule has 2 aromatic carbocycles. The molecule has 2 nitrogen and oxygen atoms in total. The number of carboxylic acid groups (broad SMARTS) is 1. The molecule has 2 aromatic rings. The Labute approximate surface area is 115 Å². The van der Waals surface area contributed by atoms with Crippen molar-refractivity contribution >= 4 is 17.7 Å². The second kappa shape index (κ2) is 5.45. The quantitative estimate of drug-likeness (QED) is 0.908. The van der Waals surface area contributed by atoms with Crippen molar-refractivity contribution in [2.75, 3.05) is 0 Å². The van der Waals surface area contributed by atoms with E-state index in [2.05, 4.69) is 0 Å². The van der Waals surface area contributed by atoms with E-state index in [4.69, 9.17) is 5.11 Å². The molecule has 2 rings (SSSR count). The SMILES string of the molecule is Cc1ccc(Sc2ccc(C(=O)O)cc2F)cc1C. The number of rotatable bonds is 3. The smallest absolute Gasteiger partial charge is 0.335 e. The molecule has 0 aliphatic heterocycles. The van der Waals surface area contributed by atoms with E-state index in [1.54, 1.807) is 0 Å². The molecule has 0 atom stereocenters. The van der Waals surface area contributed by atoms with Crippen LogP contribution in [0.3, 0.4) is 0 Å². The molecular weight excluding hydrogens is 263 g/mol. The van der Waals surface area contributed by atoms with Crippen LogP contribution in [0, 0.1) is 19.7 Å². The van der Waals surface area contributed by atoms with E-state index >= 15 is 0 Å². The van der Waals surface area contributed by atoms with Crippen LogP contribution < -0.4 is 0 Å². The van der Waals surface area contributed by atoms with Gasteiger partial charge < -0.3 is 5.11 Å². The third-order valence-electron chi connectivity index (χ3n) is 2.89. The summed E-state index contributed by atoms with van der Waals surface area (Å²) in [6, 6.07) is 9.86. The number of aromatic carboxylic acids is 1. The second-order valence-electron chi connectivity index (χ2n) is 4.30. The minimum atomic E-state index is -1.12. The van der Waals surface area contributed by atoms with Gasteiger partial charge in [0.2, 0.25) is 0 Å². The Morgan fingerprint density at radius 2 is 1.84 bits per heavy atom. The Morgan fingerprint density at radius 3 is 2.42 bits per heavy atom. The minimum Gasteiger partial charge on any atom is -0.478 e. The highest BCUT2D eigenvalue weighted by Crippen LogP contribution is 2.31. The van der Waals surface area contributed by atoms with E-state index in [-0.39, 0.29) is 5.56 Å². The van der Waals surface area contributed by atoms with Crippen molar-refractivity contribution in [2.24, 2.45) is 0 Å². The van der Waals surface area contributed by atoms with E-state index in [1.165, 1.54) is 29.5 Å². The van der Waals surface area contributed by atoms with Crippen molar-refractivity contribution in [3.63, 3.8) is 0 Å². The average molecular weight is 276 g/mol. The molecule has 19 heavy (non-hydrogen) atoms. The lowest BCUT2D eigenvalue weighted by molar-refractivity contribution is 0.0696. The molecule has 1 N–H and O–H groups in total. The van der Waals surface area contributed by atoms with Crippen LogP contribution in [0.25, 0.3) is 0 Å². The maximum Gasteiger partial charge on any atom is 0.335 e. The highest BCUT2D eigenvalue weighted by atomic mass is 32.2. The van der Waals surface area contributed by atoms with E-state index in [0.29, 0.717) is 4.90 Å². The average Bonchev–Trinajstić information content (AvgIpc) is 2.36. The molecular formula is C15H13FO2S. The zero-order valence-electron chi connectivity index (χ0n) is 10.6. The summed E-state index contributed by atoms with van der Waals surface area (Å²) >= 11 is 1.29. The molecule has 4 heteroatoms. The number of benzene rings is 2. The van der Waals surface area contributed by atoms with Gasteiger partial charge in [-0.2, -0.15) is 0 Å². The number of halogens is 1. The van der Waals surface area contributed by atoms with Crippen molar-refractivity contribution in [1.82, 2.24) is 0 Å². The standard InChI is InChI=1S/C15H13FO2S/c1-9-3-5-12(7-10(9)2)19-14-6-4-11(15(17)18)8-13(14)16/h3-8H,1-2H3,(H,17,18). The lowest BCUT2D eigenvalue weighted by atomic mass is 10.1. The number of aryl methyl sites for hydroxylation is 2. The van der Waals surface area contributed by atoms with Crippen molar-refractivity contribution in [3.8, 4) is 0 Å². The topological polar surface area (TPSA) is 37.3 Å². The van der Waals surface area contributed by atoms with Crippen LogP contribution in [0.4, 0.5) is 4.39 Å². The van der Waals surface area contributed by atoms with Gasteiger partial charge in [0, 0.05) is 9.79 Å². The first-order valence-electron chi connectivity index (χ1n) is 5.75. The van der Waals surface area contributed by atoms with Crippen molar-refractivity contribution < 1.29 is 14.3 Å². The van der Waals surface area contributed by atoms with Gasteiger partial charge >= 0.3 is 5.97 Å². The molecule has 0 fully saturated rings. The predicted molar refractivity (Wildman–Crippen MR) is 73.4 cm³/mol. The van der Waals surface area contributed by atoms with Gasteiger partial charge in [-0.25, -0.2) is 9.18 Å². The minimum absolute atomic E-state index is 0.0399. The fourth-order valence-electron chi connectivity index (χ4n) is 1.62. The van der Waals surface area contributed by atoms with E-state index < -0.39 is 11.8 Å². The zero-order chi connectivity index (χ0) is 14.0. The van der Waals surface area contributed by atoms with Crippen LogP contribution >= 0.6 is 11.8 Å². The first-order valence-corrected chi connectivity index (χ1v) is 6.57. The lowest BCUT2D eigenvalue weighted by Gasteiger charge is -2.06. The zero-order valence-corrected chi connectivity index (χ0v) is 11.4. The van der Waals surface area contributed by atoms with Gasteiger partial charge in [-0.05, 0) is 55.3 Å². The molecule has 0 saturated carbocycles. The van der Waals surface area contributed by atoms with Gasteiger partial charge in [-0.1, -0.05) is 17.8 Å². The lowest BCUT2D eigenvalue weighted by Crippen LogP contribution is -1.97. The summed E-state index contributed by atoms with van der Waals surface area (Å²) in [7, 11) is 0. The molecule has 0 radical (unpaired) electrons. The monoisotopic (exact) mass is 276 g/mol. The van der Waals surface area contributed by atoms with Crippen LogP contribution in [-0.4, -0.2) is 11.1 Å². The molecule has 0 amide bonds. The number of hydrogen-bond donors (Lipinski definition) is 1. The van der Waals surface area contributed by atoms with Crippen molar-refractivity contribution in [3.05, 3.63) is 58.9 Å². The maximum absolute atomic E-state index is 13.8. The van der Waals surface area contributed by atoms with E-state index in [0.717, 1.165) is 16.5 Å². The van der Waals surface area contributed by atoms with E-state index in [1.807, 2.05) is 32.0 Å². The van der Waals surface area contributed by atoms with Gasteiger partial charge in [0.1, 0.15) is 5.82 Å². The third-order valence-corrected chi connectivity index (χ3v) is 3.93. The van der Waals surface area contributed by atoms with E-state index in [9.17, 15) is 9.18 Å². The largest absolute Gasteiger partial charge is 0.478 e. The maximum atomic E-state index is 13.8. The third kappa shape index (κ3) is 3.15. The summed E-state index contributed by atoms with van der Waals surface area (Å²) < 4.78 is 13.8. The molecule has 0 bridgehead atoms. The number of carboxylic acids is 1. The van der Waals surface area contributed by atoms with Gasteiger partial charge in [0.05, 0.1) is 5.56 Å². The summed E-state index contributed by atoms with van der Waals surface area (Å²) in [6.07, 6.45) is 0. The molecule has 98 valence electrons. The van der Waals surface area contributed by atoms with Gasteiger partial charge in [-0.15, -0.1) is 0 Å². The summed E-state index contributed by atoms with van der Waals surface area (Å²) in [5.74, 6) is -1.63. The fourth-order valence-corrected chi connectivity index (χ4v) is 2.54. The van der Waals surface area contributed by atoms with Crippen LogP contribution in [0.15, 0.2) is 46.2 Å². The first kappa shape index (κ1) is 13.6. The Bertz CT molecular complexity index is 638. The van der Waals surface area contributed by atoms with Gasteiger partial charge in [-0.3, -0.25) is 0 Å². The number of carbonyl (C=O) groups is 1. The Kier molecular flexibility index (Phi) is 3.90. The van der Waals surface area contributed by atoms with Gasteiger partial charge in [0.25, 0.3) is 0 Å². The molecule has 0 saturated heterocycles. The molecule has 0 aliphatic carbocycles. The molecule has 0 heterocycles. The normalized spacial score (nSPS) is 10.5. The summed E-state index contributed by atoms with van der Waals surface area (Å²) in [5.41, 5.74) is 2.29. The van der Waals surface area contributed by atoms with Crippen LogP contribution in [0.1, 0.15) is 21.5 Å². The second-order valence-corrected chi connectivity index (χ2v) is 5.41. The fraction of sp³-hybridized carbons (Fsp3) is 0.133. The van der Waals surface area contributed by atoms with Crippen molar-refractivity contribution in [1.29, 1.82) is 0 Å². The Hall–Kier alpha value is -1.81. The predicted octanol–water partition coefficient (Wildman–Crippen LogP) is 4.29. The highest BCUT2D eigenvalue weighted by Gasteiger charge is 2.09. The van der Waals surface area contributed by atoms with Crippen molar-refractivity contribution in [2.45, 2.75) is 23.6 Å². The summed E-state index contributed by atoms with van der Waals surface area (Å²) in [5, 5.41) is 8.78. The molecule has 0 spiro atoms. The highest BCUT2D eigenvalue weighted by molar-refractivity contribution is 7.99. The van der Waals surface area contributed by atoms with Crippen LogP contribution in [-0.2, 0) is 0 Å². The van der Waals surface area contributed by atoms with Gasteiger partial charge in [0.15, 0.2) is 0 Å². The van der Waals surface area contributed by atoms with Crippen LogP contribution in [0.5, 0.6) is 0 Å². The Morgan fingerprint density at radius 1 is 1.11 bits per heavy atom. The molecule has 0 aromatic heterocycles.